The Morgan fingerprint density at radius 3 is 2.58 bits per heavy atom. The lowest BCUT2D eigenvalue weighted by atomic mass is 10.2. The van der Waals surface area contributed by atoms with Crippen LogP contribution < -0.4 is 10.2 Å². The zero-order chi connectivity index (χ0) is 17.7. The molecule has 2 rings (SSSR count). The van der Waals surface area contributed by atoms with Crippen LogP contribution in [0.25, 0.3) is 0 Å². The molecule has 0 aliphatic heterocycles. The highest BCUT2D eigenvalue weighted by Gasteiger charge is 2.16. The van der Waals surface area contributed by atoms with Crippen molar-refractivity contribution in [1.82, 2.24) is 5.32 Å². The van der Waals surface area contributed by atoms with E-state index in [4.69, 9.17) is 23.2 Å². The maximum Gasteiger partial charge on any atom is 0.251 e. The zero-order valence-corrected chi connectivity index (χ0v) is 14.4. The van der Waals surface area contributed by atoms with Gasteiger partial charge in [-0.05, 0) is 36.4 Å². The summed E-state index contributed by atoms with van der Waals surface area (Å²) in [4.78, 5) is 25.3. The molecule has 0 atom stereocenters. The summed E-state index contributed by atoms with van der Waals surface area (Å²) in [6.07, 6.45) is 0. The number of carbonyl (C=O) groups is 2. The van der Waals surface area contributed by atoms with E-state index >= 15 is 0 Å². The summed E-state index contributed by atoms with van der Waals surface area (Å²) >= 11 is 12.1. The molecule has 24 heavy (non-hydrogen) atoms. The first kappa shape index (κ1) is 18.2. The molecule has 4 nitrogen and oxygen atoms in total. The molecule has 1 N–H and O–H groups in total. The number of hydrogen-bond acceptors (Lipinski definition) is 2. The van der Waals surface area contributed by atoms with Crippen LogP contribution in [0.2, 0.25) is 10.0 Å². The second-order valence-electron chi connectivity index (χ2n) is 5.03. The van der Waals surface area contributed by atoms with Crippen LogP contribution in [0.5, 0.6) is 0 Å². The molecule has 2 aromatic rings. The van der Waals surface area contributed by atoms with Crippen LogP contribution in [0, 0.1) is 5.82 Å². The Morgan fingerprint density at radius 1 is 1.17 bits per heavy atom. The molecule has 0 aliphatic rings. The number of halogens is 3. The molecule has 2 amide bonds. The molecule has 0 heterocycles. The van der Waals surface area contributed by atoms with Crippen LogP contribution in [0.1, 0.15) is 17.3 Å². The summed E-state index contributed by atoms with van der Waals surface area (Å²) in [5.41, 5.74) is 0.682. The Morgan fingerprint density at radius 2 is 1.92 bits per heavy atom. The minimum absolute atomic E-state index is 0.178. The number of nitrogens with zero attached hydrogens (tertiary/aromatic N) is 1. The smallest absolute Gasteiger partial charge is 0.251 e. The molecule has 0 saturated carbocycles. The van der Waals surface area contributed by atoms with Crippen molar-refractivity contribution in [2.75, 3.05) is 18.0 Å². The number of hydrogen-bond donors (Lipinski definition) is 1. The molecule has 126 valence electrons. The van der Waals surface area contributed by atoms with Gasteiger partial charge in [-0.2, -0.15) is 0 Å². The second-order valence-corrected chi connectivity index (χ2v) is 5.88. The first-order valence-corrected chi connectivity index (χ1v) is 7.91. The summed E-state index contributed by atoms with van der Waals surface area (Å²) < 4.78 is 13.1. The Labute approximate surface area is 149 Å². The van der Waals surface area contributed by atoms with Crippen molar-refractivity contribution in [3.63, 3.8) is 0 Å². The maximum absolute atomic E-state index is 13.1. The number of nitrogens with one attached hydrogen (secondary N) is 1. The molecule has 0 aromatic heterocycles. The van der Waals surface area contributed by atoms with Crippen molar-refractivity contribution in [3.8, 4) is 0 Å². The molecule has 0 spiro atoms. The third kappa shape index (κ3) is 4.69. The number of carbonyl (C=O) groups excluding carboxylic acids is 2. The molecule has 0 saturated heterocycles. The van der Waals surface area contributed by atoms with E-state index in [9.17, 15) is 14.0 Å². The van der Waals surface area contributed by atoms with Gasteiger partial charge in [0, 0.05) is 30.6 Å². The fourth-order valence-electron chi connectivity index (χ4n) is 2.15. The van der Waals surface area contributed by atoms with Crippen LogP contribution in [0.15, 0.2) is 42.5 Å². The van der Waals surface area contributed by atoms with Gasteiger partial charge in [0.15, 0.2) is 0 Å². The van der Waals surface area contributed by atoms with Gasteiger partial charge in [0.1, 0.15) is 5.82 Å². The second kappa shape index (κ2) is 8.13. The summed E-state index contributed by atoms with van der Waals surface area (Å²) in [6.45, 7) is 1.78. The SMILES string of the molecule is CC(=O)N(CCNC(=O)c1cccc(F)c1)c1cc(Cl)ccc1Cl. The average molecular weight is 369 g/mol. The topological polar surface area (TPSA) is 49.4 Å². The fourth-order valence-corrected chi connectivity index (χ4v) is 2.54. The van der Waals surface area contributed by atoms with Crippen LogP contribution in [0.4, 0.5) is 10.1 Å². The average Bonchev–Trinajstić information content (AvgIpc) is 2.53. The fraction of sp³-hybridized carbons (Fsp3) is 0.176. The van der Waals surface area contributed by atoms with Gasteiger partial charge in [-0.15, -0.1) is 0 Å². The van der Waals surface area contributed by atoms with Crippen molar-refractivity contribution in [3.05, 3.63) is 63.9 Å². The van der Waals surface area contributed by atoms with Gasteiger partial charge >= 0.3 is 0 Å². The van der Waals surface area contributed by atoms with E-state index in [-0.39, 0.29) is 24.6 Å². The molecule has 0 radical (unpaired) electrons. The lowest BCUT2D eigenvalue weighted by Crippen LogP contribution is -2.37. The highest BCUT2D eigenvalue weighted by molar-refractivity contribution is 6.35. The zero-order valence-electron chi connectivity index (χ0n) is 12.9. The molecule has 0 unspecified atom stereocenters. The highest BCUT2D eigenvalue weighted by Crippen LogP contribution is 2.29. The maximum atomic E-state index is 13.1. The van der Waals surface area contributed by atoms with E-state index in [0.29, 0.717) is 15.7 Å². The standard InChI is InChI=1S/C17H15Cl2FN2O2/c1-11(23)22(16-10-13(18)5-6-15(16)19)8-7-21-17(24)12-3-2-4-14(20)9-12/h2-6,9-10H,7-8H2,1H3,(H,21,24). The van der Waals surface area contributed by atoms with Crippen LogP contribution in [0.3, 0.4) is 0 Å². The monoisotopic (exact) mass is 368 g/mol. The van der Waals surface area contributed by atoms with Crippen molar-refractivity contribution in [2.45, 2.75) is 6.92 Å². The molecule has 7 heteroatoms. The quantitative estimate of drug-likeness (QED) is 0.869. The van der Waals surface area contributed by atoms with E-state index in [2.05, 4.69) is 5.32 Å². The van der Waals surface area contributed by atoms with E-state index in [0.717, 1.165) is 6.07 Å². The lowest BCUT2D eigenvalue weighted by molar-refractivity contribution is -0.116. The van der Waals surface area contributed by atoms with Crippen LogP contribution in [-0.2, 0) is 4.79 Å². The minimum atomic E-state index is -0.487. The van der Waals surface area contributed by atoms with Gasteiger partial charge < -0.3 is 10.2 Å². The lowest BCUT2D eigenvalue weighted by Gasteiger charge is -2.22. The summed E-state index contributed by atoms with van der Waals surface area (Å²) in [6, 6.07) is 10.2. The summed E-state index contributed by atoms with van der Waals surface area (Å²) in [5, 5.41) is 3.47. The van der Waals surface area contributed by atoms with Gasteiger partial charge in [-0.25, -0.2) is 4.39 Å². The third-order valence-electron chi connectivity index (χ3n) is 3.29. The van der Waals surface area contributed by atoms with E-state index in [1.54, 1.807) is 18.2 Å². The molecular weight excluding hydrogens is 354 g/mol. The summed E-state index contributed by atoms with van der Waals surface area (Å²) in [5.74, 6) is -1.15. The van der Waals surface area contributed by atoms with E-state index in [1.807, 2.05) is 0 Å². The number of benzene rings is 2. The van der Waals surface area contributed by atoms with Crippen LogP contribution in [-0.4, -0.2) is 24.9 Å². The Balaban J connectivity index is 2.03. The van der Waals surface area contributed by atoms with Gasteiger partial charge in [0.05, 0.1) is 10.7 Å². The van der Waals surface area contributed by atoms with Crippen molar-refractivity contribution < 1.29 is 14.0 Å². The van der Waals surface area contributed by atoms with Gasteiger partial charge in [-0.1, -0.05) is 29.3 Å². The van der Waals surface area contributed by atoms with Gasteiger partial charge in [0.25, 0.3) is 5.91 Å². The predicted molar refractivity (Wildman–Crippen MR) is 93.2 cm³/mol. The predicted octanol–water partition coefficient (Wildman–Crippen LogP) is 3.92. The molecular formula is C17H15Cl2FN2O2. The largest absolute Gasteiger partial charge is 0.350 e. The van der Waals surface area contributed by atoms with E-state index < -0.39 is 11.7 Å². The van der Waals surface area contributed by atoms with E-state index in [1.165, 1.54) is 30.0 Å². The first-order chi connectivity index (χ1) is 11.4. The molecule has 2 aromatic carbocycles. The van der Waals surface area contributed by atoms with Crippen LogP contribution >= 0.6 is 23.2 Å². The Hall–Kier alpha value is -2.11. The Bertz CT molecular complexity index is 768. The number of amides is 2. The molecule has 0 fully saturated rings. The molecule has 0 aliphatic carbocycles. The summed E-state index contributed by atoms with van der Waals surface area (Å²) in [7, 11) is 0. The normalized spacial score (nSPS) is 10.3. The Kier molecular flexibility index (Phi) is 6.17. The van der Waals surface area contributed by atoms with Gasteiger partial charge in [0.2, 0.25) is 5.91 Å². The first-order valence-electron chi connectivity index (χ1n) is 7.15. The number of rotatable bonds is 5. The van der Waals surface area contributed by atoms with Crippen molar-refractivity contribution >= 4 is 40.7 Å². The van der Waals surface area contributed by atoms with Crippen molar-refractivity contribution in [2.24, 2.45) is 0 Å². The van der Waals surface area contributed by atoms with Crippen molar-refractivity contribution in [1.29, 1.82) is 0 Å². The number of anilines is 1. The minimum Gasteiger partial charge on any atom is -0.350 e. The molecule has 0 bridgehead atoms. The van der Waals surface area contributed by atoms with Gasteiger partial charge in [-0.3, -0.25) is 9.59 Å². The highest BCUT2D eigenvalue weighted by atomic mass is 35.5. The third-order valence-corrected chi connectivity index (χ3v) is 3.84.